The third kappa shape index (κ3) is 3.13. The first-order valence-corrected chi connectivity index (χ1v) is 4.20. The summed E-state index contributed by atoms with van der Waals surface area (Å²) in [7, 11) is 2.05. The van der Waals surface area contributed by atoms with Gasteiger partial charge >= 0.3 is 0 Å². The molecule has 1 nitrogen and oxygen atoms in total. The van der Waals surface area contributed by atoms with Crippen LogP contribution in [-0.2, 0) is 0 Å². The summed E-state index contributed by atoms with van der Waals surface area (Å²) in [6.07, 6.45) is 5.19. The third-order valence-electron chi connectivity index (χ3n) is 2.10. The Hall–Kier alpha value is 0.600. The van der Waals surface area contributed by atoms with Crippen LogP contribution in [0.4, 0.5) is 0 Å². The van der Waals surface area contributed by atoms with Gasteiger partial charge in [-0.05, 0) is 32.7 Å². The quantitative estimate of drug-likeness (QED) is 0.589. The van der Waals surface area contributed by atoms with Crippen molar-refractivity contribution in [3.8, 4) is 0 Å². The van der Waals surface area contributed by atoms with E-state index in [1.807, 2.05) is 7.05 Å². The van der Waals surface area contributed by atoms with Crippen LogP contribution in [0, 0.1) is 0 Å². The molecule has 0 amide bonds. The predicted molar refractivity (Wildman–Crippen MR) is 51.3 cm³/mol. The van der Waals surface area contributed by atoms with Gasteiger partial charge in [0.15, 0.2) is 0 Å². The van der Waals surface area contributed by atoms with E-state index < -0.39 is 0 Å². The van der Waals surface area contributed by atoms with Crippen molar-refractivity contribution in [2.24, 2.45) is 0 Å². The van der Waals surface area contributed by atoms with Crippen molar-refractivity contribution < 1.29 is 0 Å². The summed E-state index contributed by atoms with van der Waals surface area (Å²) in [5, 5.41) is 3.97. The minimum Gasteiger partial charge on any atom is -0.317 e. The number of rotatable bonds is 1. The molecule has 0 saturated heterocycles. The van der Waals surface area contributed by atoms with Gasteiger partial charge in [-0.3, -0.25) is 0 Å². The molecule has 1 aliphatic rings. The van der Waals surface area contributed by atoms with Crippen LogP contribution in [0.3, 0.4) is 0 Å². The lowest BCUT2D eigenvalue weighted by Gasteiger charge is -2.24. The topological polar surface area (TPSA) is 12.0 Å². The summed E-state index contributed by atoms with van der Waals surface area (Å²) in [5.41, 5.74) is 0. The molecular weight excluding hydrogens is 166 g/mol. The fourth-order valence-corrected chi connectivity index (χ4v) is 1.66. The summed E-state index contributed by atoms with van der Waals surface area (Å²) in [4.78, 5) is 0. The van der Waals surface area contributed by atoms with Crippen molar-refractivity contribution in [1.29, 1.82) is 0 Å². The lowest BCUT2D eigenvalue weighted by atomic mass is 9.95. The van der Waals surface area contributed by atoms with E-state index in [2.05, 4.69) is 17.9 Å². The molecule has 0 unspecified atom stereocenters. The van der Waals surface area contributed by atoms with Gasteiger partial charge in [-0.15, -0.1) is 12.4 Å². The largest absolute Gasteiger partial charge is 0.317 e. The first-order valence-electron chi connectivity index (χ1n) is 3.68. The molecule has 0 radical (unpaired) electrons. The van der Waals surface area contributed by atoms with Crippen molar-refractivity contribution >= 4 is 25.0 Å². The van der Waals surface area contributed by atoms with Gasteiger partial charge in [0.05, 0.1) is 0 Å². The van der Waals surface area contributed by atoms with Gasteiger partial charge in [-0.25, -0.2) is 0 Å². The first kappa shape index (κ1) is 10.6. The van der Waals surface area contributed by atoms with Gasteiger partial charge in [0.2, 0.25) is 0 Å². The van der Waals surface area contributed by atoms with Gasteiger partial charge in [-0.2, -0.15) is 12.6 Å². The third-order valence-corrected chi connectivity index (χ3v) is 2.62. The zero-order chi connectivity index (χ0) is 6.69. The molecule has 0 aromatic heterocycles. The van der Waals surface area contributed by atoms with E-state index in [0.29, 0.717) is 5.25 Å². The van der Waals surface area contributed by atoms with Crippen LogP contribution in [0.15, 0.2) is 0 Å². The van der Waals surface area contributed by atoms with Crippen molar-refractivity contribution in [3.05, 3.63) is 0 Å². The van der Waals surface area contributed by atoms with E-state index in [9.17, 15) is 0 Å². The second-order valence-electron chi connectivity index (χ2n) is 2.79. The molecule has 0 bridgehead atoms. The zero-order valence-electron chi connectivity index (χ0n) is 6.34. The Morgan fingerprint density at radius 1 is 1.20 bits per heavy atom. The fraction of sp³-hybridized carbons (Fsp3) is 1.00. The average molecular weight is 182 g/mol. The molecule has 0 atom stereocenters. The first-order chi connectivity index (χ1) is 4.33. The molecule has 1 saturated carbocycles. The highest BCUT2D eigenvalue weighted by atomic mass is 35.5. The molecule has 1 rings (SSSR count). The molecule has 3 heteroatoms. The van der Waals surface area contributed by atoms with Crippen LogP contribution in [0.25, 0.3) is 0 Å². The van der Waals surface area contributed by atoms with E-state index >= 15 is 0 Å². The maximum absolute atomic E-state index is 4.41. The maximum atomic E-state index is 4.41. The fourth-order valence-electron chi connectivity index (χ4n) is 1.36. The number of nitrogens with one attached hydrogen (secondary N) is 1. The van der Waals surface area contributed by atoms with Gasteiger partial charge in [0.25, 0.3) is 0 Å². The number of thiol groups is 1. The Morgan fingerprint density at radius 3 is 2.10 bits per heavy atom. The van der Waals surface area contributed by atoms with E-state index in [-0.39, 0.29) is 12.4 Å². The second-order valence-corrected chi connectivity index (χ2v) is 3.52. The molecule has 0 aromatic rings. The number of hydrogen-bond acceptors (Lipinski definition) is 2. The highest BCUT2D eigenvalue weighted by molar-refractivity contribution is 7.80. The molecule has 0 spiro atoms. The Labute approximate surface area is 74.8 Å². The van der Waals surface area contributed by atoms with Crippen LogP contribution < -0.4 is 5.32 Å². The lowest BCUT2D eigenvalue weighted by Crippen LogP contribution is -2.30. The Balaban J connectivity index is 0.000000810. The molecule has 0 heterocycles. The highest BCUT2D eigenvalue weighted by Gasteiger charge is 2.16. The molecule has 0 aromatic carbocycles. The van der Waals surface area contributed by atoms with Crippen molar-refractivity contribution in [1.82, 2.24) is 5.32 Å². The SMILES string of the molecule is CNC1CCC(S)CC1.Cl. The van der Waals surface area contributed by atoms with Gasteiger partial charge in [0.1, 0.15) is 0 Å². The molecule has 62 valence electrons. The second kappa shape index (κ2) is 5.28. The zero-order valence-corrected chi connectivity index (χ0v) is 8.05. The van der Waals surface area contributed by atoms with Crippen molar-refractivity contribution in [2.45, 2.75) is 37.0 Å². The standard InChI is InChI=1S/C7H15NS.ClH/c1-8-6-2-4-7(9)5-3-6;/h6-9H,2-5H2,1H3;1H. The minimum absolute atomic E-state index is 0. The van der Waals surface area contributed by atoms with E-state index in [1.165, 1.54) is 25.7 Å². The number of hydrogen-bond donors (Lipinski definition) is 2. The van der Waals surface area contributed by atoms with Crippen molar-refractivity contribution in [3.63, 3.8) is 0 Å². The summed E-state index contributed by atoms with van der Waals surface area (Å²) in [6, 6.07) is 0.772. The normalized spacial score (nSPS) is 33.0. The molecular formula is C7H16ClNS. The van der Waals surface area contributed by atoms with Crippen LogP contribution in [-0.4, -0.2) is 18.3 Å². The Bertz CT molecular complexity index is 81.7. The molecule has 0 aliphatic heterocycles. The van der Waals surface area contributed by atoms with Gasteiger partial charge < -0.3 is 5.32 Å². The van der Waals surface area contributed by atoms with Gasteiger partial charge in [-0.1, -0.05) is 0 Å². The van der Waals surface area contributed by atoms with Crippen LogP contribution >= 0.6 is 25.0 Å². The predicted octanol–water partition coefficient (Wildman–Crippen LogP) is 1.87. The van der Waals surface area contributed by atoms with Crippen LogP contribution in [0.5, 0.6) is 0 Å². The lowest BCUT2D eigenvalue weighted by molar-refractivity contribution is 0.403. The maximum Gasteiger partial charge on any atom is 0.00648 e. The molecule has 1 N–H and O–H groups in total. The molecule has 10 heavy (non-hydrogen) atoms. The highest BCUT2D eigenvalue weighted by Crippen LogP contribution is 2.21. The van der Waals surface area contributed by atoms with Crippen LogP contribution in [0.2, 0.25) is 0 Å². The Kier molecular flexibility index (Phi) is 5.59. The molecule has 1 fully saturated rings. The van der Waals surface area contributed by atoms with Crippen LogP contribution in [0.1, 0.15) is 25.7 Å². The smallest absolute Gasteiger partial charge is 0.00648 e. The summed E-state index contributed by atoms with van der Waals surface area (Å²) in [6.45, 7) is 0. The van der Waals surface area contributed by atoms with E-state index in [4.69, 9.17) is 0 Å². The Morgan fingerprint density at radius 2 is 1.70 bits per heavy atom. The monoisotopic (exact) mass is 181 g/mol. The summed E-state index contributed by atoms with van der Waals surface area (Å²) < 4.78 is 0. The number of halogens is 1. The van der Waals surface area contributed by atoms with Gasteiger partial charge in [0, 0.05) is 11.3 Å². The summed E-state index contributed by atoms with van der Waals surface area (Å²) in [5.74, 6) is 0. The summed E-state index contributed by atoms with van der Waals surface area (Å²) >= 11 is 4.41. The molecule has 1 aliphatic carbocycles. The average Bonchev–Trinajstić information content (AvgIpc) is 1.90. The van der Waals surface area contributed by atoms with Crippen molar-refractivity contribution in [2.75, 3.05) is 7.05 Å². The van der Waals surface area contributed by atoms with E-state index in [0.717, 1.165) is 6.04 Å². The van der Waals surface area contributed by atoms with E-state index in [1.54, 1.807) is 0 Å². The minimum atomic E-state index is 0.